The van der Waals surface area contributed by atoms with Gasteiger partial charge in [-0.05, 0) is 43.3 Å². The van der Waals surface area contributed by atoms with Gasteiger partial charge in [0.25, 0.3) is 0 Å². The van der Waals surface area contributed by atoms with Crippen molar-refractivity contribution in [3.63, 3.8) is 0 Å². The molecule has 0 saturated carbocycles. The van der Waals surface area contributed by atoms with E-state index in [-0.39, 0.29) is 12.5 Å². The zero-order chi connectivity index (χ0) is 13.7. The van der Waals surface area contributed by atoms with Gasteiger partial charge in [-0.1, -0.05) is 0 Å². The molecular formula is C13H17N3O2S. The Hall–Kier alpha value is -1.42. The van der Waals surface area contributed by atoms with E-state index in [0.29, 0.717) is 23.0 Å². The van der Waals surface area contributed by atoms with Gasteiger partial charge < -0.3 is 10.4 Å². The number of carbonyl (C=O) groups excluding carboxylic acids is 1. The lowest BCUT2D eigenvalue weighted by Crippen LogP contribution is -2.39. The summed E-state index contributed by atoms with van der Waals surface area (Å²) in [6.45, 7) is 2.27. The molecule has 0 bridgehead atoms. The van der Waals surface area contributed by atoms with Gasteiger partial charge in [0.05, 0.1) is 12.1 Å². The van der Waals surface area contributed by atoms with Crippen LogP contribution in [0.3, 0.4) is 0 Å². The van der Waals surface area contributed by atoms with E-state index in [0.717, 1.165) is 25.9 Å². The van der Waals surface area contributed by atoms with Gasteiger partial charge in [-0.25, -0.2) is 0 Å². The first kappa shape index (κ1) is 14.0. The molecule has 102 valence electrons. The fourth-order valence-electron chi connectivity index (χ4n) is 2.19. The summed E-state index contributed by atoms with van der Waals surface area (Å²) in [5, 5.41) is 23.1. The topological polar surface area (TPSA) is 76.4 Å². The van der Waals surface area contributed by atoms with Crippen LogP contribution in [0.15, 0.2) is 11.4 Å². The monoisotopic (exact) mass is 279 g/mol. The van der Waals surface area contributed by atoms with Crippen molar-refractivity contribution in [2.24, 2.45) is 5.92 Å². The summed E-state index contributed by atoms with van der Waals surface area (Å²) in [5.74, 6) is 0.295. The largest absolute Gasteiger partial charge is 0.396 e. The van der Waals surface area contributed by atoms with Crippen LogP contribution in [-0.2, 0) is 4.79 Å². The van der Waals surface area contributed by atoms with Crippen molar-refractivity contribution >= 4 is 22.2 Å². The zero-order valence-electron chi connectivity index (χ0n) is 10.6. The van der Waals surface area contributed by atoms with Crippen molar-refractivity contribution in [3.05, 3.63) is 17.0 Å². The number of aliphatic hydroxyl groups is 1. The lowest BCUT2D eigenvalue weighted by atomic mass is 9.98. The van der Waals surface area contributed by atoms with Crippen LogP contribution < -0.4 is 5.32 Å². The fraction of sp³-hybridized carbons (Fsp3) is 0.538. The standard InChI is InChI=1S/C13H17N3O2S/c14-7-11-3-6-19-13(11)15-12(18)8-16-4-1-10(9-17)2-5-16/h3,6,10,17H,1-2,4-5,8-9H2,(H,15,18). The third kappa shape index (κ3) is 3.77. The highest BCUT2D eigenvalue weighted by molar-refractivity contribution is 7.14. The van der Waals surface area contributed by atoms with Crippen molar-refractivity contribution in [3.8, 4) is 6.07 Å². The summed E-state index contributed by atoms with van der Waals surface area (Å²) in [7, 11) is 0. The summed E-state index contributed by atoms with van der Waals surface area (Å²) >= 11 is 1.36. The maximum absolute atomic E-state index is 11.9. The number of carbonyl (C=O) groups is 1. The van der Waals surface area contributed by atoms with Crippen LogP contribution in [0.1, 0.15) is 18.4 Å². The van der Waals surface area contributed by atoms with Crippen molar-refractivity contribution in [2.45, 2.75) is 12.8 Å². The molecule has 2 rings (SSSR count). The summed E-state index contributed by atoms with van der Waals surface area (Å²) < 4.78 is 0. The Bertz CT molecular complexity index is 472. The molecule has 0 aromatic carbocycles. The Morgan fingerprint density at radius 3 is 2.95 bits per heavy atom. The molecule has 5 nitrogen and oxygen atoms in total. The number of nitrogens with zero attached hydrogens (tertiary/aromatic N) is 2. The van der Waals surface area contributed by atoms with E-state index in [1.807, 2.05) is 0 Å². The van der Waals surface area contributed by atoms with Crippen molar-refractivity contribution in [2.75, 3.05) is 31.6 Å². The van der Waals surface area contributed by atoms with E-state index in [9.17, 15) is 4.79 Å². The first-order valence-corrected chi connectivity index (χ1v) is 7.21. The van der Waals surface area contributed by atoms with Crippen LogP contribution in [0.25, 0.3) is 0 Å². The molecule has 0 radical (unpaired) electrons. The Kier molecular flexibility index (Phi) is 4.91. The number of nitriles is 1. The quantitative estimate of drug-likeness (QED) is 0.870. The number of thiophene rings is 1. The Labute approximate surface area is 116 Å². The first-order chi connectivity index (χ1) is 9.22. The number of nitrogens with one attached hydrogen (secondary N) is 1. The van der Waals surface area contributed by atoms with Gasteiger partial charge in [0.1, 0.15) is 11.1 Å². The Morgan fingerprint density at radius 2 is 2.32 bits per heavy atom. The predicted octanol–water partition coefficient (Wildman–Crippen LogP) is 1.26. The average molecular weight is 279 g/mol. The number of likely N-dealkylation sites (tertiary alicyclic amines) is 1. The van der Waals surface area contributed by atoms with Crippen LogP contribution in [-0.4, -0.2) is 42.2 Å². The maximum Gasteiger partial charge on any atom is 0.239 e. The van der Waals surface area contributed by atoms with Crippen LogP contribution in [0.4, 0.5) is 5.00 Å². The van der Waals surface area contributed by atoms with Crippen LogP contribution in [0, 0.1) is 17.2 Å². The average Bonchev–Trinajstić information content (AvgIpc) is 2.86. The summed E-state index contributed by atoms with van der Waals surface area (Å²) in [5.41, 5.74) is 0.511. The molecule has 1 saturated heterocycles. The second-order valence-electron chi connectivity index (χ2n) is 4.73. The Balaban J connectivity index is 1.81. The number of hydrogen-bond donors (Lipinski definition) is 2. The van der Waals surface area contributed by atoms with Gasteiger partial charge in [0.15, 0.2) is 0 Å². The summed E-state index contributed by atoms with van der Waals surface area (Å²) in [6.07, 6.45) is 1.87. The minimum atomic E-state index is -0.0820. The number of piperidine rings is 1. The molecule has 2 heterocycles. The predicted molar refractivity (Wildman–Crippen MR) is 73.9 cm³/mol. The zero-order valence-corrected chi connectivity index (χ0v) is 11.4. The highest BCUT2D eigenvalue weighted by Gasteiger charge is 2.20. The smallest absolute Gasteiger partial charge is 0.239 e. The number of hydrogen-bond acceptors (Lipinski definition) is 5. The lowest BCUT2D eigenvalue weighted by Gasteiger charge is -2.30. The van der Waals surface area contributed by atoms with E-state index in [1.165, 1.54) is 11.3 Å². The molecule has 1 fully saturated rings. The van der Waals surface area contributed by atoms with Crippen LogP contribution in [0.5, 0.6) is 0 Å². The molecule has 0 unspecified atom stereocenters. The number of aliphatic hydroxyl groups excluding tert-OH is 1. The highest BCUT2D eigenvalue weighted by Crippen LogP contribution is 2.22. The Morgan fingerprint density at radius 1 is 1.58 bits per heavy atom. The molecule has 1 aliphatic rings. The van der Waals surface area contributed by atoms with Gasteiger partial charge in [0, 0.05) is 6.61 Å². The molecular weight excluding hydrogens is 262 g/mol. The molecule has 2 N–H and O–H groups in total. The summed E-state index contributed by atoms with van der Waals surface area (Å²) in [4.78, 5) is 14.0. The molecule has 0 aliphatic carbocycles. The molecule has 6 heteroatoms. The minimum Gasteiger partial charge on any atom is -0.396 e. The maximum atomic E-state index is 11.9. The van der Waals surface area contributed by atoms with Gasteiger partial charge in [0.2, 0.25) is 5.91 Å². The number of anilines is 1. The van der Waals surface area contributed by atoms with Crippen molar-refractivity contribution in [1.29, 1.82) is 5.26 Å². The van der Waals surface area contributed by atoms with Crippen LogP contribution >= 0.6 is 11.3 Å². The van der Waals surface area contributed by atoms with E-state index in [2.05, 4.69) is 16.3 Å². The van der Waals surface area contributed by atoms with Gasteiger partial charge in [-0.3, -0.25) is 9.69 Å². The van der Waals surface area contributed by atoms with E-state index >= 15 is 0 Å². The number of amides is 1. The molecule has 1 aromatic heterocycles. The lowest BCUT2D eigenvalue weighted by molar-refractivity contribution is -0.117. The van der Waals surface area contributed by atoms with Crippen LogP contribution in [0.2, 0.25) is 0 Å². The minimum absolute atomic E-state index is 0.0820. The van der Waals surface area contributed by atoms with Gasteiger partial charge in [-0.2, -0.15) is 5.26 Å². The van der Waals surface area contributed by atoms with E-state index in [1.54, 1.807) is 11.4 Å². The normalized spacial score (nSPS) is 17.1. The first-order valence-electron chi connectivity index (χ1n) is 6.33. The van der Waals surface area contributed by atoms with Gasteiger partial charge >= 0.3 is 0 Å². The third-order valence-corrected chi connectivity index (χ3v) is 4.20. The molecule has 19 heavy (non-hydrogen) atoms. The van der Waals surface area contributed by atoms with E-state index in [4.69, 9.17) is 10.4 Å². The molecule has 0 spiro atoms. The second-order valence-corrected chi connectivity index (χ2v) is 5.64. The molecule has 1 aliphatic heterocycles. The SMILES string of the molecule is N#Cc1ccsc1NC(=O)CN1CCC(CO)CC1. The number of rotatable bonds is 4. The van der Waals surface area contributed by atoms with Gasteiger partial charge in [-0.15, -0.1) is 11.3 Å². The van der Waals surface area contributed by atoms with Crippen molar-refractivity contribution < 1.29 is 9.90 Å². The third-order valence-electron chi connectivity index (χ3n) is 3.37. The summed E-state index contributed by atoms with van der Waals surface area (Å²) in [6, 6.07) is 3.75. The molecule has 0 atom stereocenters. The molecule has 1 amide bonds. The fourth-order valence-corrected chi connectivity index (χ4v) is 2.94. The highest BCUT2D eigenvalue weighted by atomic mass is 32.1. The second kappa shape index (κ2) is 6.66. The van der Waals surface area contributed by atoms with Crippen molar-refractivity contribution in [1.82, 2.24) is 4.90 Å². The van der Waals surface area contributed by atoms with E-state index < -0.39 is 0 Å². The molecule has 1 aromatic rings.